The fourth-order valence-corrected chi connectivity index (χ4v) is 2.93. The minimum absolute atomic E-state index is 0.100. The molecular weight excluding hydrogens is 296 g/mol. The lowest BCUT2D eigenvalue weighted by Crippen LogP contribution is -2.35. The number of carbonyl (C=O) groups is 1. The van der Waals surface area contributed by atoms with Gasteiger partial charge in [-0.25, -0.2) is 10.2 Å². The molecule has 0 radical (unpaired) electrons. The minimum Gasteiger partial charge on any atom is -0.266 e. The van der Waals surface area contributed by atoms with Crippen molar-refractivity contribution in [2.24, 2.45) is 16.9 Å². The monoisotopic (exact) mass is 310 g/mol. The first-order chi connectivity index (χ1) is 10.8. The number of rotatable bonds is 2. The number of hydrogen-bond donors (Lipinski definition) is 1. The highest BCUT2D eigenvalue weighted by Gasteiger charge is 2.37. The Labute approximate surface area is 132 Å². The summed E-state index contributed by atoms with van der Waals surface area (Å²) >= 11 is 1.43. The van der Waals surface area contributed by atoms with Gasteiger partial charge < -0.3 is 0 Å². The molecule has 3 rings (SSSR count). The predicted molar refractivity (Wildman–Crippen MR) is 86.4 cm³/mol. The minimum atomic E-state index is -0.100. The van der Waals surface area contributed by atoms with Crippen LogP contribution in [0.3, 0.4) is 0 Å². The van der Waals surface area contributed by atoms with E-state index in [2.05, 4.69) is 40.7 Å². The first-order valence-corrected chi connectivity index (χ1v) is 7.60. The molecule has 0 aliphatic heterocycles. The summed E-state index contributed by atoms with van der Waals surface area (Å²) in [6.45, 7) is 3.12. The molecule has 5 heteroatoms. The number of allylic oxidation sites excluding steroid dienone is 2. The zero-order chi connectivity index (χ0) is 15.8. The van der Waals surface area contributed by atoms with Gasteiger partial charge in [0.1, 0.15) is 0 Å². The van der Waals surface area contributed by atoms with Gasteiger partial charge in [0.2, 0.25) is 0 Å². The smallest absolute Gasteiger partial charge is 0.266 e. The topological polar surface area (TPSA) is 58.5 Å². The number of nitrogens with one attached hydrogen (secondary N) is 1. The first-order valence-electron chi connectivity index (χ1n) is 6.72. The molecule has 0 bridgehead atoms. The Hall–Kier alpha value is -2.63. The summed E-state index contributed by atoms with van der Waals surface area (Å²) in [6.07, 6.45) is 6.55. The van der Waals surface area contributed by atoms with Crippen LogP contribution < -0.4 is 5.43 Å². The first kappa shape index (κ1) is 15.8. The largest absolute Gasteiger partial charge is 0.281 e. The van der Waals surface area contributed by atoms with E-state index in [-0.39, 0.29) is 5.91 Å². The summed E-state index contributed by atoms with van der Waals surface area (Å²) in [5.41, 5.74) is 10.1. The molecule has 22 heavy (non-hydrogen) atoms. The maximum atomic E-state index is 11.6. The Morgan fingerprint density at radius 2 is 2.32 bits per heavy atom. The van der Waals surface area contributed by atoms with Crippen LogP contribution >= 0.6 is 11.3 Å². The lowest BCUT2D eigenvalue weighted by atomic mass is 9.74. The molecule has 1 heterocycles. The van der Waals surface area contributed by atoms with Gasteiger partial charge in [0.15, 0.2) is 5.94 Å². The van der Waals surface area contributed by atoms with Crippen molar-refractivity contribution in [2.45, 2.75) is 12.8 Å². The van der Waals surface area contributed by atoms with Crippen molar-refractivity contribution in [2.75, 3.05) is 0 Å². The third-order valence-corrected chi connectivity index (χ3v) is 4.28. The predicted octanol–water partition coefficient (Wildman–Crippen LogP) is 2.90. The molecule has 4 nitrogen and oxygen atoms in total. The van der Waals surface area contributed by atoms with Gasteiger partial charge in [-0.3, -0.25) is 4.79 Å². The van der Waals surface area contributed by atoms with Crippen LogP contribution in [0.1, 0.15) is 22.5 Å². The second kappa shape index (κ2) is 7.97. The van der Waals surface area contributed by atoms with Gasteiger partial charge in [0, 0.05) is 17.4 Å². The lowest BCUT2D eigenvalue weighted by molar-refractivity contribution is 0.0958. The molecule has 1 amide bonds. The SMILES string of the molecule is C=C=C=C=C=O.O=C(N/N=C1\CC2C=CCC12)c1cccs1. The van der Waals surface area contributed by atoms with Crippen molar-refractivity contribution in [1.82, 2.24) is 5.43 Å². The number of hydrazone groups is 1. The molecule has 2 atom stereocenters. The van der Waals surface area contributed by atoms with Crippen molar-refractivity contribution in [3.05, 3.63) is 58.3 Å². The molecule has 2 aliphatic rings. The van der Waals surface area contributed by atoms with E-state index in [1.165, 1.54) is 17.3 Å². The standard InChI is InChI=1S/C12H12N2OS.C5H2O/c15-12(11-5-2-6-16-11)14-13-10-7-8-3-1-4-9(8)10;1-2-3-4-5-6/h1-3,5-6,8-9H,4,7H2,(H,14,15);1H2/b13-10+;. The second-order valence-electron chi connectivity index (χ2n) is 4.69. The number of amides is 1. The Balaban J connectivity index is 0.000000254. The number of hydrogen-bond acceptors (Lipinski definition) is 4. The summed E-state index contributed by atoms with van der Waals surface area (Å²) in [7, 11) is 0. The van der Waals surface area contributed by atoms with Gasteiger partial charge >= 0.3 is 0 Å². The number of carbonyl (C=O) groups excluding carboxylic acids is 2. The van der Waals surface area contributed by atoms with E-state index in [1.807, 2.05) is 17.2 Å². The summed E-state index contributed by atoms with van der Waals surface area (Å²) in [4.78, 5) is 21.5. The van der Waals surface area contributed by atoms with Gasteiger partial charge in [-0.15, -0.1) is 11.3 Å². The zero-order valence-corrected chi connectivity index (χ0v) is 12.7. The maximum absolute atomic E-state index is 11.6. The van der Waals surface area contributed by atoms with Crippen molar-refractivity contribution < 1.29 is 9.59 Å². The highest BCUT2D eigenvalue weighted by molar-refractivity contribution is 7.12. The van der Waals surface area contributed by atoms with Crippen LogP contribution in [0.2, 0.25) is 0 Å². The van der Waals surface area contributed by atoms with Crippen LogP contribution in [-0.2, 0) is 4.79 Å². The van der Waals surface area contributed by atoms with E-state index in [9.17, 15) is 9.59 Å². The average molecular weight is 310 g/mol. The molecule has 2 unspecified atom stereocenters. The Kier molecular flexibility index (Phi) is 5.71. The van der Waals surface area contributed by atoms with Gasteiger partial charge in [-0.05, 0) is 42.5 Å². The number of nitrogens with zero attached hydrogens (tertiary/aromatic N) is 1. The quantitative estimate of drug-likeness (QED) is 0.395. The van der Waals surface area contributed by atoms with Crippen LogP contribution in [0.4, 0.5) is 0 Å². The lowest BCUT2D eigenvalue weighted by Gasteiger charge is -2.31. The maximum Gasteiger partial charge on any atom is 0.281 e. The summed E-state index contributed by atoms with van der Waals surface area (Å²) in [5.74, 6) is 2.49. The Morgan fingerprint density at radius 1 is 1.45 bits per heavy atom. The van der Waals surface area contributed by atoms with Gasteiger partial charge in [0.05, 0.1) is 4.88 Å². The second-order valence-corrected chi connectivity index (χ2v) is 5.64. The van der Waals surface area contributed by atoms with Crippen LogP contribution in [0.5, 0.6) is 0 Å². The summed E-state index contributed by atoms with van der Waals surface area (Å²) in [6, 6.07) is 3.67. The fraction of sp³-hybridized carbons (Fsp3) is 0.235. The van der Waals surface area contributed by atoms with E-state index in [0.29, 0.717) is 16.7 Å². The molecule has 1 aromatic rings. The van der Waals surface area contributed by atoms with Gasteiger partial charge in [0.25, 0.3) is 5.91 Å². The third-order valence-electron chi connectivity index (χ3n) is 3.41. The summed E-state index contributed by atoms with van der Waals surface area (Å²) < 4.78 is 0. The van der Waals surface area contributed by atoms with Crippen molar-refractivity contribution in [3.8, 4) is 0 Å². The van der Waals surface area contributed by atoms with Crippen LogP contribution in [-0.4, -0.2) is 17.6 Å². The third kappa shape index (κ3) is 3.94. The average Bonchev–Trinajstić information content (AvgIpc) is 3.16. The molecule has 1 aromatic heterocycles. The van der Waals surface area contributed by atoms with E-state index >= 15 is 0 Å². The summed E-state index contributed by atoms with van der Waals surface area (Å²) in [5, 5.41) is 6.10. The number of fused-ring (bicyclic) bond motifs is 1. The van der Waals surface area contributed by atoms with E-state index in [4.69, 9.17) is 0 Å². The molecule has 0 spiro atoms. The van der Waals surface area contributed by atoms with Crippen molar-refractivity contribution in [1.29, 1.82) is 0 Å². The van der Waals surface area contributed by atoms with Crippen LogP contribution in [0.15, 0.2) is 58.5 Å². The normalized spacial score (nSPS) is 21.9. The molecule has 2 aliphatic carbocycles. The molecule has 110 valence electrons. The molecule has 1 N–H and O–H groups in total. The van der Waals surface area contributed by atoms with Gasteiger partial charge in [-0.2, -0.15) is 5.10 Å². The zero-order valence-electron chi connectivity index (χ0n) is 11.8. The molecule has 0 aromatic carbocycles. The van der Waals surface area contributed by atoms with E-state index < -0.39 is 0 Å². The molecule has 1 saturated carbocycles. The van der Waals surface area contributed by atoms with Gasteiger partial charge in [-0.1, -0.05) is 23.9 Å². The molecular formula is C17H14N2O2S. The number of thiophene rings is 1. The highest BCUT2D eigenvalue weighted by Crippen LogP contribution is 2.40. The molecule has 0 saturated heterocycles. The Morgan fingerprint density at radius 3 is 2.91 bits per heavy atom. The van der Waals surface area contributed by atoms with E-state index in [1.54, 1.807) is 6.07 Å². The van der Waals surface area contributed by atoms with Crippen molar-refractivity contribution in [3.63, 3.8) is 0 Å². The Bertz CT molecular complexity index is 718. The fourth-order valence-electron chi connectivity index (χ4n) is 2.32. The van der Waals surface area contributed by atoms with Crippen LogP contribution in [0, 0.1) is 11.8 Å². The highest BCUT2D eigenvalue weighted by atomic mass is 32.1. The van der Waals surface area contributed by atoms with Crippen molar-refractivity contribution >= 4 is 28.9 Å². The van der Waals surface area contributed by atoms with Crippen LogP contribution in [0.25, 0.3) is 0 Å². The molecule has 1 fully saturated rings. The van der Waals surface area contributed by atoms with E-state index in [0.717, 1.165) is 18.6 Å².